The van der Waals surface area contributed by atoms with Gasteiger partial charge in [0.15, 0.2) is 0 Å². The molecule has 0 fully saturated rings. The van der Waals surface area contributed by atoms with Crippen molar-refractivity contribution in [2.45, 2.75) is 37.3 Å². The number of amides is 2. The Morgan fingerprint density at radius 3 is 2.25 bits per heavy atom. The van der Waals surface area contributed by atoms with E-state index in [1.807, 2.05) is 111 Å². The van der Waals surface area contributed by atoms with E-state index in [0.29, 0.717) is 11.3 Å². The number of hydrogen-bond donors (Lipinski definition) is 2. The molecule has 36 heavy (non-hydrogen) atoms. The van der Waals surface area contributed by atoms with Crippen molar-refractivity contribution >= 4 is 35.0 Å². The first-order valence-electron chi connectivity index (χ1n) is 12.0. The topological polar surface area (TPSA) is 58.2 Å². The minimum Gasteiger partial charge on any atom is -0.324 e. The van der Waals surface area contributed by atoms with Gasteiger partial charge in [-0.25, -0.2) is 0 Å². The van der Waals surface area contributed by atoms with E-state index >= 15 is 0 Å². The monoisotopic (exact) mass is 494 g/mol. The number of aryl methyl sites for hydroxylation is 3. The zero-order chi connectivity index (χ0) is 25.5. The summed E-state index contributed by atoms with van der Waals surface area (Å²) in [5.74, 6) is -0.245. The van der Waals surface area contributed by atoms with Crippen LogP contribution in [0, 0.1) is 13.8 Å². The van der Waals surface area contributed by atoms with E-state index in [0.717, 1.165) is 39.3 Å². The number of carbonyl (C=O) groups is 2. The molecule has 4 aromatic rings. The third-order valence-electron chi connectivity index (χ3n) is 5.99. The van der Waals surface area contributed by atoms with E-state index in [9.17, 15) is 9.59 Å². The summed E-state index contributed by atoms with van der Waals surface area (Å²) in [5, 5.41) is 5.70. The second kappa shape index (κ2) is 11.7. The number of benzene rings is 4. The minimum absolute atomic E-state index is 0.0794. The zero-order valence-corrected chi connectivity index (χ0v) is 21.6. The molecule has 0 saturated carbocycles. The molecule has 0 aliphatic carbocycles. The predicted molar refractivity (Wildman–Crippen MR) is 150 cm³/mol. The zero-order valence-electron chi connectivity index (χ0n) is 20.7. The molecule has 1 unspecified atom stereocenters. The van der Waals surface area contributed by atoms with Gasteiger partial charge in [0.1, 0.15) is 5.25 Å². The van der Waals surface area contributed by atoms with E-state index in [2.05, 4.69) is 17.6 Å². The highest BCUT2D eigenvalue weighted by Crippen LogP contribution is 2.38. The lowest BCUT2D eigenvalue weighted by atomic mass is 10.1. The van der Waals surface area contributed by atoms with E-state index in [4.69, 9.17) is 0 Å². The Balaban J connectivity index is 1.57. The fraction of sp³-hybridized carbons (Fsp3) is 0.161. The first-order valence-corrected chi connectivity index (χ1v) is 12.9. The molecule has 2 N–H and O–H groups in total. The molecule has 0 heterocycles. The van der Waals surface area contributed by atoms with Crippen LogP contribution < -0.4 is 10.6 Å². The van der Waals surface area contributed by atoms with E-state index < -0.39 is 5.25 Å². The summed E-state index contributed by atoms with van der Waals surface area (Å²) in [6, 6.07) is 30.9. The summed E-state index contributed by atoms with van der Waals surface area (Å²) < 4.78 is 0. The standard InChI is InChI=1S/C31H30N2O2S/c1-4-23-13-8-10-22(3)28(23)33-31(35)29(24-11-6-5-7-12-24)36-27-15-9-14-26(20-27)32-30(34)25-18-16-21(2)17-19-25/h5-20,29H,4H2,1-3H3,(H,32,34)(H,33,35). The van der Waals surface area contributed by atoms with Gasteiger partial charge in [-0.1, -0.05) is 79.2 Å². The van der Waals surface area contributed by atoms with Crippen molar-refractivity contribution in [1.29, 1.82) is 0 Å². The smallest absolute Gasteiger partial charge is 0.255 e. The molecular formula is C31H30N2O2S. The molecule has 182 valence electrons. The number of carbonyl (C=O) groups excluding carboxylic acids is 2. The second-order valence-electron chi connectivity index (χ2n) is 8.71. The Bertz CT molecular complexity index is 1350. The summed E-state index contributed by atoms with van der Waals surface area (Å²) in [6.45, 7) is 6.09. The van der Waals surface area contributed by atoms with Crippen LogP contribution in [0.3, 0.4) is 0 Å². The molecule has 2 amide bonds. The second-order valence-corrected chi connectivity index (χ2v) is 9.89. The van der Waals surface area contributed by atoms with Crippen molar-refractivity contribution in [1.82, 2.24) is 0 Å². The maximum atomic E-state index is 13.6. The number of rotatable bonds is 8. The molecule has 0 aliphatic heterocycles. The van der Waals surface area contributed by atoms with Crippen LogP contribution in [-0.2, 0) is 11.2 Å². The molecule has 4 aromatic carbocycles. The fourth-order valence-electron chi connectivity index (χ4n) is 3.98. The van der Waals surface area contributed by atoms with Crippen LogP contribution >= 0.6 is 11.8 Å². The van der Waals surface area contributed by atoms with Gasteiger partial charge in [-0.05, 0) is 67.3 Å². The molecule has 0 aliphatic rings. The Morgan fingerprint density at radius 1 is 0.806 bits per heavy atom. The predicted octanol–water partition coefficient (Wildman–Crippen LogP) is 7.59. The van der Waals surface area contributed by atoms with Gasteiger partial charge in [0.25, 0.3) is 5.91 Å². The van der Waals surface area contributed by atoms with Crippen LogP contribution in [0.1, 0.15) is 44.8 Å². The molecule has 4 nitrogen and oxygen atoms in total. The first kappa shape index (κ1) is 25.3. The average molecular weight is 495 g/mol. The van der Waals surface area contributed by atoms with Crippen molar-refractivity contribution in [2.75, 3.05) is 10.6 Å². The van der Waals surface area contributed by atoms with Gasteiger partial charge in [0.2, 0.25) is 5.91 Å². The molecule has 0 aromatic heterocycles. The molecular weight excluding hydrogens is 464 g/mol. The van der Waals surface area contributed by atoms with Crippen LogP contribution in [0.15, 0.2) is 102 Å². The summed E-state index contributed by atoms with van der Waals surface area (Å²) in [7, 11) is 0. The number of nitrogens with one attached hydrogen (secondary N) is 2. The van der Waals surface area contributed by atoms with Crippen LogP contribution in [0.2, 0.25) is 0 Å². The first-order chi connectivity index (χ1) is 17.4. The van der Waals surface area contributed by atoms with Crippen molar-refractivity contribution < 1.29 is 9.59 Å². The van der Waals surface area contributed by atoms with E-state index in [-0.39, 0.29) is 11.8 Å². The number of thioether (sulfide) groups is 1. The maximum Gasteiger partial charge on any atom is 0.255 e. The fourth-order valence-corrected chi connectivity index (χ4v) is 5.07. The largest absolute Gasteiger partial charge is 0.324 e. The Labute approximate surface area is 217 Å². The normalized spacial score (nSPS) is 11.5. The Kier molecular flexibility index (Phi) is 8.24. The molecule has 0 spiro atoms. The van der Waals surface area contributed by atoms with Gasteiger partial charge in [0, 0.05) is 21.8 Å². The van der Waals surface area contributed by atoms with Gasteiger partial charge in [-0.3, -0.25) is 9.59 Å². The lowest BCUT2D eigenvalue weighted by Crippen LogP contribution is -2.20. The number of anilines is 2. The highest BCUT2D eigenvalue weighted by molar-refractivity contribution is 8.00. The third-order valence-corrected chi connectivity index (χ3v) is 7.24. The van der Waals surface area contributed by atoms with Crippen molar-refractivity contribution in [3.8, 4) is 0 Å². The van der Waals surface area contributed by atoms with Crippen LogP contribution in [0.25, 0.3) is 0 Å². The molecule has 5 heteroatoms. The van der Waals surface area contributed by atoms with Crippen LogP contribution in [0.4, 0.5) is 11.4 Å². The molecule has 0 radical (unpaired) electrons. The summed E-state index contributed by atoms with van der Waals surface area (Å²) in [5.41, 5.74) is 6.34. The highest BCUT2D eigenvalue weighted by atomic mass is 32.2. The van der Waals surface area contributed by atoms with Gasteiger partial charge < -0.3 is 10.6 Å². The summed E-state index contributed by atoms with van der Waals surface area (Å²) in [6.07, 6.45) is 0.836. The molecule has 0 saturated heterocycles. The van der Waals surface area contributed by atoms with Gasteiger partial charge in [-0.15, -0.1) is 11.8 Å². The Hall–Kier alpha value is -3.83. The average Bonchev–Trinajstić information content (AvgIpc) is 2.89. The lowest BCUT2D eigenvalue weighted by Gasteiger charge is -2.20. The van der Waals surface area contributed by atoms with E-state index in [1.54, 1.807) is 0 Å². The molecule has 0 bridgehead atoms. The van der Waals surface area contributed by atoms with Gasteiger partial charge >= 0.3 is 0 Å². The summed E-state index contributed by atoms with van der Waals surface area (Å²) in [4.78, 5) is 27.2. The minimum atomic E-state index is -0.460. The SMILES string of the molecule is CCc1cccc(C)c1NC(=O)C(Sc1cccc(NC(=O)c2ccc(C)cc2)c1)c1ccccc1. The summed E-state index contributed by atoms with van der Waals surface area (Å²) >= 11 is 1.46. The highest BCUT2D eigenvalue weighted by Gasteiger charge is 2.23. The third kappa shape index (κ3) is 6.23. The van der Waals surface area contributed by atoms with Gasteiger partial charge in [0.05, 0.1) is 0 Å². The van der Waals surface area contributed by atoms with Crippen molar-refractivity contribution in [3.05, 3.63) is 125 Å². The van der Waals surface area contributed by atoms with Gasteiger partial charge in [-0.2, -0.15) is 0 Å². The van der Waals surface area contributed by atoms with Crippen LogP contribution in [-0.4, -0.2) is 11.8 Å². The van der Waals surface area contributed by atoms with Crippen LogP contribution in [0.5, 0.6) is 0 Å². The molecule has 4 rings (SSSR count). The van der Waals surface area contributed by atoms with Crippen molar-refractivity contribution in [3.63, 3.8) is 0 Å². The number of para-hydroxylation sites is 1. The lowest BCUT2D eigenvalue weighted by molar-refractivity contribution is -0.115. The maximum absolute atomic E-state index is 13.6. The Morgan fingerprint density at radius 2 is 1.53 bits per heavy atom. The molecule has 1 atom stereocenters. The quantitative estimate of drug-likeness (QED) is 0.248. The number of hydrogen-bond acceptors (Lipinski definition) is 3. The van der Waals surface area contributed by atoms with E-state index in [1.165, 1.54) is 11.8 Å². The van der Waals surface area contributed by atoms with Crippen molar-refractivity contribution in [2.24, 2.45) is 0 Å².